The van der Waals surface area contributed by atoms with Gasteiger partial charge in [-0.2, -0.15) is 0 Å². The van der Waals surface area contributed by atoms with Gasteiger partial charge in [-0.3, -0.25) is 0 Å². The van der Waals surface area contributed by atoms with Gasteiger partial charge in [0.15, 0.2) is 0 Å². The zero-order valence-electron chi connectivity index (χ0n) is 8.87. The van der Waals surface area contributed by atoms with Crippen LogP contribution in [-0.2, 0) is 6.42 Å². The van der Waals surface area contributed by atoms with Gasteiger partial charge in [-0.15, -0.1) is 0 Å². The van der Waals surface area contributed by atoms with Gasteiger partial charge < -0.3 is 5.73 Å². The van der Waals surface area contributed by atoms with Gasteiger partial charge in [0.1, 0.15) is 0 Å². The molecule has 0 atom stereocenters. The molecule has 0 unspecified atom stereocenters. The summed E-state index contributed by atoms with van der Waals surface area (Å²) in [5.74, 6) is 0. The lowest BCUT2D eigenvalue weighted by Gasteiger charge is -2.01. The molecule has 0 aliphatic rings. The van der Waals surface area contributed by atoms with E-state index in [0.29, 0.717) is 0 Å². The first-order valence-electron chi connectivity index (χ1n) is 5.32. The first-order valence-corrected chi connectivity index (χ1v) is 5.32. The molecule has 76 valence electrons. The molecule has 0 aliphatic carbocycles. The molecule has 2 N–H and O–H groups in total. The van der Waals surface area contributed by atoms with E-state index in [1.54, 1.807) is 0 Å². The van der Waals surface area contributed by atoms with Crippen molar-refractivity contribution in [2.45, 2.75) is 26.2 Å². The van der Waals surface area contributed by atoms with E-state index < -0.39 is 0 Å². The smallest absolute Gasteiger partial charge is 0.00741 e. The van der Waals surface area contributed by atoms with Crippen molar-refractivity contribution in [3.05, 3.63) is 41.5 Å². The Hall–Kier alpha value is -1.08. The van der Waals surface area contributed by atoms with Crippen LogP contribution in [0.2, 0.25) is 0 Å². The summed E-state index contributed by atoms with van der Waals surface area (Å²) >= 11 is 0. The van der Waals surface area contributed by atoms with Crippen molar-refractivity contribution in [1.29, 1.82) is 0 Å². The Balaban J connectivity index is 2.63. The SMILES string of the molecule is CC/C=C/c1cccc(CCCN)c1. The van der Waals surface area contributed by atoms with Gasteiger partial charge in [-0.05, 0) is 36.9 Å². The van der Waals surface area contributed by atoms with E-state index in [2.05, 4.69) is 43.3 Å². The fraction of sp³-hybridized carbons (Fsp3) is 0.385. The van der Waals surface area contributed by atoms with E-state index in [0.717, 1.165) is 25.8 Å². The van der Waals surface area contributed by atoms with Gasteiger partial charge in [0.05, 0.1) is 0 Å². The summed E-state index contributed by atoms with van der Waals surface area (Å²) in [6.07, 6.45) is 7.60. The molecule has 0 saturated carbocycles. The predicted octanol–water partition coefficient (Wildman–Crippen LogP) is 3.00. The Kier molecular flexibility index (Phi) is 5.02. The minimum Gasteiger partial charge on any atom is -0.330 e. The van der Waals surface area contributed by atoms with Crippen molar-refractivity contribution in [3.8, 4) is 0 Å². The van der Waals surface area contributed by atoms with Crippen LogP contribution < -0.4 is 5.73 Å². The van der Waals surface area contributed by atoms with Crippen molar-refractivity contribution in [2.75, 3.05) is 6.54 Å². The second-order valence-corrected chi connectivity index (χ2v) is 3.45. The summed E-state index contributed by atoms with van der Waals surface area (Å²) in [6.45, 7) is 2.92. The predicted molar refractivity (Wildman–Crippen MR) is 63.1 cm³/mol. The van der Waals surface area contributed by atoms with Crippen molar-refractivity contribution in [3.63, 3.8) is 0 Å². The fourth-order valence-electron chi connectivity index (χ4n) is 1.41. The van der Waals surface area contributed by atoms with Gasteiger partial charge >= 0.3 is 0 Å². The lowest BCUT2D eigenvalue weighted by Crippen LogP contribution is -2.00. The van der Waals surface area contributed by atoms with Crippen LogP contribution in [0, 0.1) is 0 Å². The Morgan fingerprint density at radius 1 is 1.36 bits per heavy atom. The first-order chi connectivity index (χ1) is 6.86. The maximum atomic E-state index is 5.48. The highest BCUT2D eigenvalue weighted by Crippen LogP contribution is 2.09. The zero-order chi connectivity index (χ0) is 10.2. The molecule has 0 aromatic heterocycles. The average Bonchev–Trinajstić information content (AvgIpc) is 2.24. The largest absolute Gasteiger partial charge is 0.330 e. The number of benzene rings is 1. The molecule has 0 spiro atoms. The van der Waals surface area contributed by atoms with Crippen molar-refractivity contribution in [1.82, 2.24) is 0 Å². The molecule has 1 heteroatoms. The summed E-state index contributed by atoms with van der Waals surface area (Å²) in [7, 11) is 0. The highest BCUT2D eigenvalue weighted by Gasteiger charge is 1.92. The highest BCUT2D eigenvalue weighted by atomic mass is 14.5. The molecule has 1 aromatic rings. The Labute approximate surface area is 86.6 Å². The average molecular weight is 189 g/mol. The van der Waals surface area contributed by atoms with Crippen LogP contribution in [0.5, 0.6) is 0 Å². The molecule has 1 rings (SSSR count). The van der Waals surface area contributed by atoms with E-state index in [4.69, 9.17) is 5.73 Å². The fourth-order valence-corrected chi connectivity index (χ4v) is 1.41. The number of allylic oxidation sites excluding steroid dienone is 1. The van der Waals surface area contributed by atoms with E-state index in [-0.39, 0.29) is 0 Å². The van der Waals surface area contributed by atoms with Gasteiger partial charge in [-0.1, -0.05) is 43.3 Å². The maximum absolute atomic E-state index is 5.48. The number of hydrogen-bond donors (Lipinski definition) is 1. The quantitative estimate of drug-likeness (QED) is 0.757. The van der Waals surface area contributed by atoms with Crippen LogP contribution in [0.4, 0.5) is 0 Å². The lowest BCUT2D eigenvalue weighted by atomic mass is 10.1. The summed E-state index contributed by atoms with van der Waals surface area (Å²) in [4.78, 5) is 0. The Morgan fingerprint density at radius 3 is 2.93 bits per heavy atom. The van der Waals surface area contributed by atoms with Crippen molar-refractivity contribution >= 4 is 6.08 Å². The molecular weight excluding hydrogens is 170 g/mol. The molecule has 0 heterocycles. The van der Waals surface area contributed by atoms with Gasteiger partial charge in [-0.25, -0.2) is 0 Å². The molecule has 0 aliphatic heterocycles. The molecule has 0 saturated heterocycles. The summed E-state index contributed by atoms with van der Waals surface area (Å²) < 4.78 is 0. The number of hydrogen-bond acceptors (Lipinski definition) is 1. The minimum absolute atomic E-state index is 0.773. The van der Waals surface area contributed by atoms with Crippen molar-refractivity contribution in [2.24, 2.45) is 5.73 Å². The number of aryl methyl sites for hydroxylation is 1. The first kappa shape index (κ1) is 11.0. The molecule has 0 bridgehead atoms. The van der Waals surface area contributed by atoms with Gasteiger partial charge in [0, 0.05) is 0 Å². The zero-order valence-corrected chi connectivity index (χ0v) is 8.87. The van der Waals surface area contributed by atoms with E-state index in [1.807, 2.05) is 0 Å². The van der Waals surface area contributed by atoms with Crippen LogP contribution in [0.3, 0.4) is 0 Å². The lowest BCUT2D eigenvalue weighted by molar-refractivity contribution is 0.832. The second kappa shape index (κ2) is 6.39. The van der Waals surface area contributed by atoms with Gasteiger partial charge in [0.25, 0.3) is 0 Å². The molecule has 14 heavy (non-hydrogen) atoms. The molecule has 1 nitrogen and oxygen atoms in total. The van der Waals surface area contributed by atoms with Gasteiger partial charge in [0.2, 0.25) is 0 Å². The third-order valence-corrected chi connectivity index (χ3v) is 2.17. The minimum atomic E-state index is 0.773. The second-order valence-electron chi connectivity index (χ2n) is 3.45. The third kappa shape index (κ3) is 3.75. The van der Waals surface area contributed by atoms with Crippen molar-refractivity contribution < 1.29 is 0 Å². The summed E-state index contributed by atoms with van der Waals surface area (Å²) in [5.41, 5.74) is 8.16. The molecule has 0 radical (unpaired) electrons. The Bertz CT molecular complexity index is 289. The topological polar surface area (TPSA) is 26.0 Å². The van der Waals surface area contributed by atoms with Crippen LogP contribution in [0.25, 0.3) is 6.08 Å². The highest BCUT2D eigenvalue weighted by molar-refractivity contribution is 5.50. The number of nitrogens with two attached hydrogens (primary N) is 1. The standard InChI is InChI=1S/C13H19N/c1-2-3-6-12-7-4-8-13(11-12)9-5-10-14/h3-4,6-8,11H,2,5,9-10,14H2,1H3/b6-3+. The molecular formula is C13H19N. The monoisotopic (exact) mass is 189 g/mol. The number of rotatable bonds is 5. The molecule has 0 amide bonds. The molecule has 0 fully saturated rings. The Morgan fingerprint density at radius 2 is 2.21 bits per heavy atom. The third-order valence-electron chi connectivity index (χ3n) is 2.17. The van der Waals surface area contributed by atoms with Crippen LogP contribution >= 0.6 is 0 Å². The van der Waals surface area contributed by atoms with E-state index in [1.165, 1.54) is 11.1 Å². The maximum Gasteiger partial charge on any atom is -0.00741 e. The van der Waals surface area contributed by atoms with Crippen LogP contribution in [0.15, 0.2) is 30.3 Å². The van der Waals surface area contributed by atoms with E-state index in [9.17, 15) is 0 Å². The summed E-state index contributed by atoms with van der Waals surface area (Å²) in [6, 6.07) is 8.65. The van der Waals surface area contributed by atoms with Crippen LogP contribution in [0.1, 0.15) is 30.9 Å². The summed E-state index contributed by atoms with van der Waals surface area (Å²) in [5, 5.41) is 0. The normalized spacial score (nSPS) is 11.0. The van der Waals surface area contributed by atoms with Crippen LogP contribution in [-0.4, -0.2) is 6.54 Å². The van der Waals surface area contributed by atoms with E-state index >= 15 is 0 Å². The molecule has 1 aromatic carbocycles.